The number of hydrogen-bond donors (Lipinski definition) is 0. The van der Waals surface area contributed by atoms with Gasteiger partial charge in [0.2, 0.25) is 11.9 Å². The highest BCUT2D eigenvalue weighted by atomic mass is 16.6. The molecular weight excluding hydrogens is 1100 g/mol. The molecule has 0 bridgehead atoms. The van der Waals surface area contributed by atoms with Crippen LogP contribution in [0.4, 0.5) is 11.9 Å². The van der Waals surface area contributed by atoms with Crippen molar-refractivity contribution < 1.29 is 50.2 Å². The molecule has 6 aliphatic rings. The zero-order valence-corrected chi connectivity index (χ0v) is 57.3. The number of nitrogens with zero attached hydrogens (tertiary/aromatic N) is 14. The number of hydroxylamine groups is 12. The number of aromatic nitrogens is 6. The van der Waals surface area contributed by atoms with E-state index >= 15 is 0 Å². The fourth-order valence-corrected chi connectivity index (χ4v) is 16.8. The Hall–Kier alpha value is -3.66. The second-order valence-corrected chi connectivity index (χ2v) is 34.3. The quantitative estimate of drug-likeness (QED) is 0.189. The molecule has 8 rings (SSSR count). The van der Waals surface area contributed by atoms with Gasteiger partial charge in [-0.3, -0.25) is 0 Å². The van der Waals surface area contributed by atoms with Crippen LogP contribution in [0.1, 0.15) is 243 Å². The third-order valence-electron chi connectivity index (χ3n) is 20.3. The molecular formula is C62H118N14O10+6. The van der Waals surface area contributed by atoms with Gasteiger partial charge < -0.3 is 60.0 Å². The zero-order valence-electron chi connectivity index (χ0n) is 57.3. The van der Waals surface area contributed by atoms with Crippen LogP contribution in [-0.4, -0.2) is 208 Å². The number of rotatable bonds is 15. The molecule has 2 aromatic heterocycles. The van der Waals surface area contributed by atoms with E-state index in [-0.39, 0.29) is 60.5 Å². The predicted molar refractivity (Wildman–Crippen MR) is 337 cm³/mol. The summed E-state index contributed by atoms with van der Waals surface area (Å²) in [5, 5.41) is 65.5. The van der Waals surface area contributed by atoms with E-state index in [2.05, 4.69) is 176 Å². The Bertz CT molecular complexity index is 2320. The van der Waals surface area contributed by atoms with Gasteiger partial charge in [0, 0.05) is 76.5 Å². The summed E-state index contributed by atoms with van der Waals surface area (Å²) in [5.41, 5.74) is -6.37. The van der Waals surface area contributed by atoms with E-state index in [1.165, 1.54) is 0 Å². The maximum Gasteiger partial charge on any atom is 0.324 e. The van der Waals surface area contributed by atoms with E-state index < -0.39 is 66.5 Å². The van der Waals surface area contributed by atoms with Crippen molar-refractivity contribution in [2.45, 2.75) is 346 Å². The van der Waals surface area contributed by atoms with Gasteiger partial charge >= 0.3 is 24.0 Å². The molecule has 0 radical (unpaired) electrons. The first-order valence-electron chi connectivity index (χ1n) is 31.7. The van der Waals surface area contributed by atoms with E-state index in [0.29, 0.717) is 102 Å². The highest BCUT2D eigenvalue weighted by Crippen LogP contribution is 2.46. The lowest BCUT2D eigenvalue weighted by Crippen LogP contribution is -2.65. The summed E-state index contributed by atoms with van der Waals surface area (Å²) < 4.78 is 27.9. The summed E-state index contributed by atoms with van der Waals surface area (Å²) in [6.45, 7) is 50.8. The number of hydrogen-bond acceptors (Lipinski definition) is 18. The average Bonchev–Trinajstić information content (AvgIpc) is 0.995. The lowest BCUT2D eigenvalue weighted by atomic mass is 9.78. The molecule has 8 heterocycles. The van der Waals surface area contributed by atoms with E-state index in [4.69, 9.17) is 69.7 Å². The summed E-state index contributed by atoms with van der Waals surface area (Å²) in [6.07, 6.45) is 5.58. The summed E-state index contributed by atoms with van der Waals surface area (Å²) in [7, 11) is 0. The number of ether oxygens (including phenoxy) is 4. The van der Waals surface area contributed by atoms with Gasteiger partial charge in [-0.05, 0) is 192 Å². The van der Waals surface area contributed by atoms with E-state index in [1.807, 2.05) is 0 Å². The fraction of sp³-hybridized carbons (Fsp3) is 0.903. The van der Waals surface area contributed by atoms with Gasteiger partial charge in [-0.25, -0.2) is 0 Å². The minimum atomic E-state index is -0.570. The minimum absolute atomic E-state index is 0.132. The third kappa shape index (κ3) is 14.1. The molecule has 6 fully saturated rings. The second-order valence-electron chi connectivity index (χ2n) is 34.3. The Morgan fingerprint density at radius 1 is 0.279 bits per heavy atom. The molecule has 0 aliphatic carbocycles. The molecule has 6 aliphatic heterocycles. The van der Waals surface area contributed by atoms with Crippen LogP contribution in [-0.2, 0) is 0 Å². The molecule has 2 aromatic rings. The largest absolute Gasteiger partial charge is 0.460 e. The molecule has 0 saturated carbocycles. The van der Waals surface area contributed by atoms with Gasteiger partial charge in [0.15, 0.2) is 0 Å². The van der Waals surface area contributed by atoms with Gasteiger partial charge in [-0.2, -0.15) is 19.9 Å². The van der Waals surface area contributed by atoms with Crippen molar-refractivity contribution in [3.8, 4) is 24.0 Å². The standard InChI is InChI=1S/C62H112N14O10/c1-51(2)27-39(28-52(3,4)71(51)77)69(45-63-47(83-41-31-55(9,10)73(79)56(11,12)32-41)67-48(64-45)84-42-33-57(13,14)74(80)58(15,16)34-42)25-26-70(40-29-53(5,6)72(78)54(7,8)30-40)46-65-49(85-43-35-59(17,18)75(81)60(19,20)36-43)68-50(66-46)86-44-37-61(21,22)76(82)62(23,24)38-44/h39-44,77-82H,25-38H2,1-24H3/p+6. The molecule has 86 heavy (non-hydrogen) atoms. The Kier molecular flexibility index (Phi) is 18.0. The van der Waals surface area contributed by atoms with E-state index in [0.717, 1.165) is 0 Å². The topological polar surface area (TPSA) is 278 Å². The summed E-state index contributed by atoms with van der Waals surface area (Å²) in [5.74, 6) is 0.741. The Labute approximate surface area is 513 Å². The van der Waals surface area contributed by atoms with Crippen LogP contribution in [0.2, 0.25) is 0 Å². The van der Waals surface area contributed by atoms with Crippen LogP contribution in [0, 0.1) is 0 Å². The Morgan fingerprint density at radius 3 is 0.593 bits per heavy atom. The van der Waals surface area contributed by atoms with E-state index in [9.17, 15) is 10.4 Å². The maximum atomic E-state index is 9.47. The molecule has 490 valence electrons. The van der Waals surface area contributed by atoms with Crippen molar-refractivity contribution in [3.05, 3.63) is 0 Å². The van der Waals surface area contributed by atoms with Crippen molar-refractivity contribution in [2.75, 3.05) is 22.9 Å². The molecule has 0 spiro atoms. The molecule has 0 atom stereocenters. The summed E-state index contributed by atoms with van der Waals surface area (Å²) in [4.78, 5) is 35.7. The molecule has 0 amide bonds. The zero-order chi connectivity index (χ0) is 64.5. The first kappa shape index (κ1) is 68.3. The molecule has 24 nitrogen and oxygen atoms in total. The Morgan fingerprint density at radius 2 is 0.430 bits per heavy atom. The van der Waals surface area contributed by atoms with E-state index in [1.54, 1.807) is 30.4 Å². The summed E-state index contributed by atoms with van der Waals surface area (Å²) >= 11 is 0. The molecule has 6 saturated heterocycles. The molecule has 0 aromatic carbocycles. The van der Waals surface area contributed by atoms with Crippen molar-refractivity contribution in [1.82, 2.24) is 60.3 Å². The highest BCUT2D eigenvalue weighted by Gasteiger charge is 2.56. The van der Waals surface area contributed by atoms with Crippen molar-refractivity contribution in [3.63, 3.8) is 0 Å². The first-order chi connectivity index (χ1) is 38.9. The smallest absolute Gasteiger partial charge is 0.324 e. The third-order valence-corrected chi connectivity index (χ3v) is 20.3. The highest BCUT2D eigenvalue weighted by molar-refractivity contribution is 5.40. The second kappa shape index (κ2) is 22.6. The average molecular weight is 1220 g/mol. The first-order valence-corrected chi connectivity index (χ1v) is 31.7. The van der Waals surface area contributed by atoms with Crippen molar-refractivity contribution in [1.29, 1.82) is 0 Å². The lowest BCUT2D eigenvalue weighted by Gasteiger charge is -2.52. The maximum absolute atomic E-state index is 9.47. The lowest BCUT2D eigenvalue weighted by molar-refractivity contribution is -0.255. The van der Waals surface area contributed by atoms with Crippen molar-refractivity contribution in [2.24, 2.45) is 0 Å². The normalized spacial score (nSPS) is 28.2. The van der Waals surface area contributed by atoms with Crippen LogP contribution in [0.25, 0.3) is 0 Å². The minimum Gasteiger partial charge on any atom is -0.460 e. The van der Waals surface area contributed by atoms with Gasteiger partial charge in [0.1, 0.15) is 24.4 Å². The number of piperidine rings is 6. The van der Waals surface area contributed by atoms with Crippen LogP contribution in [0.15, 0.2) is 0 Å². The van der Waals surface area contributed by atoms with Gasteiger partial charge in [0.25, 0.3) is 0 Å². The monoisotopic (exact) mass is 1220 g/mol. The number of anilines is 2. The van der Waals surface area contributed by atoms with Crippen LogP contribution < -0.4 is 28.7 Å². The molecule has 24 heteroatoms. The summed E-state index contributed by atoms with van der Waals surface area (Å²) in [6, 6.07) is 0.117. The SMILES string of the molecule is CC1(C)CC(Oc2nc(OC3CC(C)(C)N([OH2+])C(C)(C)C3)nc(N(CCN(c3nc(OC4CC(C)(C)N([OH2+])C(C)(C)C4)nc(OC4CC(C)(C)N([OH2+])C(C)(C)C4)n3)C3CC(C)(C)N([OH2+])C(C)(C)C3)C3CC(C)(C)N([OH2+])C(C)(C)C3)n2)CC(C)(C)N1[OH2+]. The van der Waals surface area contributed by atoms with Gasteiger partial charge in [-0.1, -0.05) is 30.4 Å². The molecule has 12 N–H and O–H groups in total. The van der Waals surface area contributed by atoms with Crippen LogP contribution in [0.5, 0.6) is 24.0 Å². The predicted octanol–water partition coefficient (Wildman–Crippen LogP) is 5.85. The Balaban J connectivity index is 1.29. The van der Waals surface area contributed by atoms with Gasteiger partial charge in [-0.15, -0.1) is 9.97 Å². The van der Waals surface area contributed by atoms with Crippen molar-refractivity contribution >= 4 is 11.9 Å². The fourth-order valence-electron chi connectivity index (χ4n) is 16.8. The van der Waals surface area contributed by atoms with Gasteiger partial charge in [0.05, 0.1) is 66.5 Å². The van der Waals surface area contributed by atoms with Crippen LogP contribution >= 0.6 is 0 Å². The molecule has 0 unspecified atom stereocenters. The van der Waals surface area contributed by atoms with Crippen LogP contribution in [0.3, 0.4) is 0 Å².